The molecule has 0 fully saturated rings. The zero-order valence-electron chi connectivity index (χ0n) is 10.7. The van der Waals surface area contributed by atoms with Crippen molar-refractivity contribution in [3.05, 3.63) is 43.0 Å². The Labute approximate surface area is 104 Å². The number of benzene rings is 1. The first-order valence-electron chi connectivity index (χ1n) is 6.11. The van der Waals surface area contributed by atoms with E-state index in [1.165, 1.54) is 0 Å². The van der Waals surface area contributed by atoms with Gasteiger partial charge in [-0.2, -0.15) is 0 Å². The van der Waals surface area contributed by atoms with Crippen molar-refractivity contribution in [3.8, 4) is 0 Å². The van der Waals surface area contributed by atoms with Gasteiger partial charge in [0.15, 0.2) is 0 Å². The van der Waals surface area contributed by atoms with E-state index in [1.807, 2.05) is 30.3 Å². The number of carbonyl (C=O) groups is 1. The highest BCUT2D eigenvalue weighted by Gasteiger charge is 2.13. The molecule has 0 atom stereocenters. The molecule has 17 heavy (non-hydrogen) atoms. The van der Waals surface area contributed by atoms with Crippen LogP contribution in [0.15, 0.2) is 43.0 Å². The third kappa shape index (κ3) is 4.43. The van der Waals surface area contributed by atoms with Crippen LogP contribution in [0.2, 0.25) is 0 Å². The second-order valence-electron chi connectivity index (χ2n) is 4.56. The summed E-state index contributed by atoms with van der Waals surface area (Å²) in [6.07, 6.45) is 3.29. The van der Waals surface area contributed by atoms with E-state index < -0.39 is 0 Å². The van der Waals surface area contributed by atoms with Crippen LogP contribution in [0.4, 0.5) is 5.69 Å². The Morgan fingerprint density at radius 2 is 2.00 bits per heavy atom. The van der Waals surface area contributed by atoms with Crippen LogP contribution >= 0.6 is 0 Å². The Morgan fingerprint density at radius 1 is 1.35 bits per heavy atom. The molecule has 0 bridgehead atoms. The Hall–Kier alpha value is -1.57. The molecule has 0 aliphatic rings. The number of nitrogens with zero attached hydrogens (tertiary/aromatic N) is 1. The molecule has 2 heteroatoms. The number of rotatable bonds is 6. The van der Waals surface area contributed by atoms with Crippen LogP contribution in [0.25, 0.3) is 0 Å². The molecule has 0 heterocycles. The van der Waals surface area contributed by atoms with E-state index in [0.29, 0.717) is 18.9 Å². The van der Waals surface area contributed by atoms with Gasteiger partial charge in [-0.15, -0.1) is 6.58 Å². The van der Waals surface area contributed by atoms with E-state index in [2.05, 4.69) is 20.4 Å². The van der Waals surface area contributed by atoms with Crippen molar-refractivity contribution >= 4 is 11.6 Å². The Kier molecular flexibility index (Phi) is 5.47. The van der Waals surface area contributed by atoms with Crippen molar-refractivity contribution in [2.45, 2.75) is 26.7 Å². The van der Waals surface area contributed by atoms with E-state index in [1.54, 1.807) is 11.0 Å². The monoisotopic (exact) mass is 231 g/mol. The molecule has 0 saturated carbocycles. The topological polar surface area (TPSA) is 20.3 Å². The summed E-state index contributed by atoms with van der Waals surface area (Å²) in [4.78, 5) is 13.9. The quantitative estimate of drug-likeness (QED) is 0.684. The first kappa shape index (κ1) is 13.5. The van der Waals surface area contributed by atoms with E-state index >= 15 is 0 Å². The van der Waals surface area contributed by atoms with Crippen molar-refractivity contribution in [2.24, 2.45) is 5.92 Å². The lowest BCUT2D eigenvalue weighted by Crippen LogP contribution is -2.30. The second kappa shape index (κ2) is 6.89. The highest BCUT2D eigenvalue weighted by molar-refractivity contribution is 5.93. The molecule has 0 radical (unpaired) electrons. The van der Waals surface area contributed by atoms with Gasteiger partial charge in [-0.1, -0.05) is 38.1 Å². The summed E-state index contributed by atoms with van der Waals surface area (Å²) >= 11 is 0. The zero-order valence-corrected chi connectivity index (χ0v) is 10.7. The van der Waals surface area contributed by atoms with E-state index in [9.17, 15) is 4.79 Å². The van der Waals surface area contributed by atoms with Crippen molar-refractivity contribution in [1.29, 1.82) is 0 Å². The third-order valence-corrected chi connectivity index (χ3v) is 2.62. The van der Waals surface area contributed by atoms with Crippen molar-refractivity contribution in [2.75, 3.05) is 11.4 Å². The maximum atomic E-state index is 12.1. The smallest absolute Gasteiger partial charge is 0.227 e. The number of anilines is 1. The van der Waals surface area contributed by atoms with Crippen LogP contribution in [0, 0.1) is 5.92 Å². The van der Waals surface area contributed by atoms with Gasteiger partial charge >= 0.3 is 0 Å². The van der Waals surface area contributed by atoms with E-state index in [4.69, 9.17) is 0 Å². The lowest BCUT2D eigenvalue weighted by atomic mass is 10.1. The Bertz CT molecular complexity index is 356. The summed E-state index contributed by atoms with van der Waals surface area (Å²) < 4.78 is 0. The van der Waals surface area contributed by atoms with Gasteiger partial charge in [0, 0.05) is 18.7 Å². The van der Waals surface area contributed by atoms with Gasteiger partial charge in [-0.3, -0.25) is 4.79 Å². The third-order valence-electron chi connectivity index (χ3n) is 2.62. The number of hydrogen-bond acceptors (Lipinski definition) is 1. The van der Waals surface area contributed by atoms with E-state index in [-0.39, 0.29) is 5.91 Å². The first-order chi connectivity index (χ1) is 8.15. The largest absolute Gasteiger partial charge is 0.309 e. The zero-order chi connectivity index (χ0) is 12.7. The predicted molar refractivity (Wildman–Crippen MR) is 73.1 cm³/mol. The molecule has 1 aromatic carbocycles. The van der Waals surface area contributed by atoms with Crippen molar-refractivity contribution in [1.82, 2.24) is 0 Å². The summed E-state index contributed by atoms with van der Waals surface area (Å²) in [6, 6.07) is 9.75. The minimum atomic E-state index is 0.171. The maximum absolute atomic E-state index is 12.1. The Balaban J connectivity index is 2.72. The molecule has 0 aromatic heterocycles. The van der Waals surface area contributed by atoms with Gasteiger partial charge < -0.3 is 4.90 Å². The molecule has 0 N–H and O–H groups in total. The molecule has 0 spiro atoms. The fourth-order valence-electron chi connectivity index (χ4n) is 1.64. The molecule has 2 nitrogen and oxygen atoms in total. The molecular weight excluding hydrogens is 210 g/mol. The van der Waals surface area contributed by atoms with Crippen LogP contribution in [-0.4, -0.2) is 12.5 Å². The molecular formula is C15H21NO. The van der Waals surface area contributed by atoms with Crippen LogP contribution < -0.4 is 4.90 Å². The molecule has 1 rings (SSSR count). The minimum absolute atomic E-state index is 0.171. The summed E-state index contributed by atoms with van der Waals surface area (Å²) in [6.45, 7) is 8.55. The second-order valence-corrected chi connectivity index (χ2v) is 4.56. The SMILES string of the molecule is C=CCN(C(=O)CCC(C)C)c1ccccc1. The maximum Gasteiger partial charge on any atom is 0.227 e. The summed E-state index contributed by atoms with van der Waals surface area (Å²) in [5.74, 6) is 0.727. The van der Waals surface area contributed by atoms with Crippen LogP contribution in [0.3, 0.4) is 0 Å². The van der Waals surface area contributed by atoms with Gasteiger partial charge in [-0.05, 0) is 24.5 Å². The molecule has 0 unspecified atom stereocenters. The Morgan fingerprint density at radius 3 is 2.53 bits per heavy atom. The normalized spacial score (nSPS) is 10.3. The molecule has 92 valence electrons. The standard InChI is InChI=1S/C15H21NO/c1-4-12-16(14-8-6-5-7-9-14)15(17)11-10-13(2)3/h4-9,13H,1,10-12H2,2-3H3. The lowest BCUT2D eigenvalue weighted by molar-refractivity contribution is -0.118. The van der Waals surface area contributed by atoms with Gasteiger partial charge in [0.25, 0.3) is 0 Å². The van der Waals surface area contributed by atoms with E-state index in [0.717, 1.165) is 12.1 Å². The minimum Gasteiger partial charge on any atom is -0.309 e. The summed E-state index contributed by atoms with van der Waals surface area (Å²) in [5.41, 5.74) is 0.946. The number of amides is 1. The first-order valence-corrected chi connectivity index (χ1v) is 6.11. The highest BCUT2D eigenvalue weighted by atomic mass is 16.2. The highest BCUT2D eigenvalue weighted by Crippen LogP contribution is 2.16. The summed E-state index contributed by atoms with van der Waals surface area (Å²) in [5, 5.41) is 0. The van der Waals surface area contributed by atoms with Crippen LogP contribution in [0.1, 0.15) is 26.7 Å². The average Bonchev–Trinajstić information content (AvgIpc) is 2.34. The van der Waals surface area contributed by atoms with Gasteiger partial charge in [0.05, 0.1) is 0 Å². The fraction of sp³-hybridized carbons (Fsp3) is 0.400. The van der Waals surface area contributed by atoms with Gasteiger partial charge in [0.2, 0.25) is 5.91 Å². The fourth-order valence-corrected chi connectivity index (χ4v) is 1.64. The molecule has 1 amide bonds. The van der Waals surface area contributed by atoms with Crippen LogP contribution in [-0.2, 0) is 4.79 Å². The van der Waals surface area contributed by atoms with Gasteiger partial charge in [-0.25, -0.2) is 0 Å². The average molecular weight is 231 g/mol. The number of para-hydroxylation sites is 1. The molecule has 0 aliphatic carbocycles. The van der Waals surface area contributed by atoms with Crippen molar-refractivity contribution in [3.63, 3.8) is 0 Å². The summed E-state index contributed by atoms with van der Waals surface area (Å²) in [7, 11) is 0. The van der Waals surface area contributed by atoms with Crippen LogP contribution in [0.5, 0.6) is 0 Å². The predicted octanol–water partition coefficient (Wildman–Crippen LogP) is 3.64. The molecule has 0 aliphatic heterocycles. The molecule has 1 aromatic rings. The van der Waals surface area contributed by atoms with Crippen molar-refractivity contribution < 1.29 is 4.79 Å². The number of hydrogen-bond donors (Lipinski definition) is 0. The molecule has 0 saturated heterocycles. The number of carbonyl (C=O) groups excluding carboxylic acids is 1. The lowest BCUT2D eigenvalue weighted by Gasteiger charge is -2.21. The van der Waals surface area contributed by atoms with Gasteiger partial charge in [0.1, 0.15) is 0 Å².